The lowest BCUT2D eigenvalue weighted by Gasteiger charge is -2.10. The fourth-order valence-electron chi connectivity index (χ4n) is 1.19. The molecule has 2 heterocycles. The lowest BCUT2D eigenvalue weighted by atomic mass is 10.4. The zero-order chi connectivity index (χ0) is 10.8. The van der Waals surface area contributed by atoms with Crippen LogP contribution in [0.3, 0.4) is 0 Å². The first-order chi connectivity index (χ1) is 7.20. The molecule has 0 fully saturated rings. The number of anilines is 1. The van der Waals surface area contributed by atoms with E-state index in [2.05, 4.69) is 25.3 Å². The van der Waals surface area contributed by atoms with Crippen LogP contribution in [0.25, 0.3) is 11.2 Å². The molecule has 1 atom stereocenters. The number of aromatic nitrogens is 4. The van der Waals surface area contributed by atoms with E-state index in [0.29, 0.717) is 17.1 Å². The summed E-state index contributed by atoms with van der Waals surface area (Å²) in [6, 6.07) is 0. The number of hydrogen-bond donors (Lipinski definition) is 4. The predicted molar refractivity (Wildman–Crippen MR) is 56.4 cm³/mol. The van der Waals surface area contributed by atoms with E-state index in [-0.39, 0.29) is 11.7 Å². The molecule has 0 saturated carbocycles. The maximum absolute atomic E-state index is 11.5. The molecule has 0 bridgehead atoms. The Morgan fingerprint density at radius 3 is 3.20 bits per heavy atom. The Morgan fingerprint density at radius 2 is 2.47 bits per heavy atom. The van der Waals surface area contributed by atoms with E-state index >= 15 is 0 Å². The van der Waals surface area contributed by atoms with Crippen molar-refractivity contribution in [2.45, 2.75) is 19.5 Å². The topological polar surface area (TPSA) is 112 Å². The molecule has 7 heteroatoms. The highest BCUT2D eigenvalue weighted by molar-refractivity contribution is 5.69. The summed E-state index contributed by atoms with van der Waals surface area (Å²) in [5, 5.41) is 2.87. The highest BCUT2D eigenvalue weighted by Gasteiger charge is 2.06. The Morgan fingerprint density at radius 1 is 1.67 bits per heavy atom. The summed E-state index contributed by atoms with van der Waals surface area (Å²) in [6.07, 6.45) is 1.93. The van der Waals surface area contributed by atoms with Crippen LogP contribution < -0.4 is 16.6 Å². The summed E-state index contributed by atoms with van der Waals surface area (Å²) in [5.41, 5.74) is 6.16. The average Bonchev–Trinajstić information content (AvgIpc) is 2.66. The van der Waals surface area contributed by atoms with Crippen molar-refractivity contribution in [1.82, 2.24) is 19.9 Å². The van der Waals surface area contributed by atoms with Crippen LogP contribution in [0, 0.1) is 0 Å². The molecule has 5 N–H and O–H groups in total. The van der Waals surface area contributed by atoms with Crippen LogP contribution in [0.2, 0.25) is 0 Å². The SMILES string of the molecule is CCC(N)Nc1nc2nc[nH]c2c(=O)[nH]1. The smallest absolute Gasteiger partial charge is 0.278 e. The van der Waals surface area contributed by atoms with E-state index in [1.807, 2.05) is 6.92 Å². The lowest BCUT2D eigenvalue weighted by molar-refractivity contribution is 0.720. The lowest BCUT2D eigenvalue weighted by Crippen LogP contribution is -2.30. The van der Waals surface area contributed by atoms with Crippen molar-refractivity contribution in [2.24, 2.45) is 5.73 Å². The third kappa shape index (κ3) is 1.82. The van der Waals surface area contributed by atoms with Crippen LogP contribution in [-0.4, -0.2) is 26.1 Å². The number of fused-ring (bicyclic) bond motifs is 1. The molecule has 0 aliphatic carbocycles. The van der Waals surface area contributed by atoms with Gasteiger partial charge in [-0.25, -0.2) is 4.98 Å². The van der Waals surface area contributed by atoms with E-state index in [1.54, 1.807) is 0 Å². The minimum absolute atomic E-state index is 0.232. The normalized spacial score (nSPS) is 12.9. The summed E-state index contributed by atoms with van der Waals surface area (Å²) in [6.45, 7) is 1.93. The maximum atomic E-state index is 11.5. The van der Waals surface area contributed by atoms with Gasteiger partial charge in [-0.1, -0.05) is 6.92 Å². The highest BCUT2D eigenvalue weighted by Crippen LogP contribution is 2.03. The molecule has 0 aromatic carbocycles. The summed E-state index contributed by atoms with van der Waals surface area (Å²) in [4.78, 5) is 24.8. The predicted octanol–water partition coefficient (Wildman–Crippen LogP) is -0.247. The van der Waals surface area contributed by atoms with Crippen LogP contribution in [0.15, 0.2) is 11.1 Å². The van der Waals surface area contributed by atoms with Crippen molar-refractivity contribution in [3.8, 4) is 0 Å². The van der Waals surface area contributed by atoms with Gasteiger partial charge in [0.2, 0.25) is 5.95 Å². The van der Waals surface area contributed by atoms with Gasteiger partial charge >= 0.3 is 0 Å². The van der Waals surface area contributed by atoms with Gasteiger partial charge in [0.1, 0.15) is 0 Å². The average molecular weight is 208 g/mol. The molecule has 2 aromatic rings. The minimum Gasteiger partial charge on any atom is -0.341 e. The van der Waals surface area contributed by atoms with Crippen molar-refractivity contribution in [3.63, 3.8) is 0 Å². The van der Waals surface area contributed by atoms with Crippen LogP contribution in [0.1, 0.15) is 13.3 Å². The number of H-pyrrole nitrogens is 2. The Kier molecular flexibility index (Phi) is 2.38. The van der Waals surface area contributed by atoms with Crippen molar-refractivity contribution in [2.75, 3.05) is 5.32 Å². The molecule has 15 heavy (non-hydrogen) atoms. The molecular weight excluding hydrogens is 196 g/mol. The summed E-state index contributed by atoms with van der Waals surface area (Å²) >= 11 is 0. The maximum Gasteiger partial charge on any atom is 0.278 e. The molecule has 0 radical (unpaired) electrons. The number of imidazole rings is 1. The van der Waals surface area contributed by atoms with Gasteiger partial charge in [-0.2, -0.15) is 4.98 Å². The number of hydrogen-bond acceptors (Lipinski definition) is 5. The first-order valence-electron chi connectivity index (χ1n) is 4.66. The largest absolute Gasteiger partial charge is 0.341 e. The number of nitrogens with two attached hydrogens (primary N) is 1. The molecule has 0 saturated heterocycles. The van der Waals surface area contributed by atoms with Crippen molar-refractivity contribution in [1.29, 1.82) is 0 Å². The third-order valence-electron chi connectivity index (χ3n) is 2.06. The zero-order valence-electron chi connectivity index (χ0n) is 8.24. The molecule has 0 aliphatic rings. The van der Waals surface area contributed by atoms with Crippen molar-refractivity contribution >= 4 is 17.1 Å². The molecule has 1 unspecified atom stereocenters. The fraction of sp³-hybridized carbons (Fsp3) is 0.375. The summed E-state index contributed by atoms with van der Waals surface area (Å²) in [5.74, 6) is 0.342. The summed E-state index contributed by atoms with van der Waals surface area (Å²) < 4.78 is 0. The van der Waals surface area contributed by atoms with Crippen LogP contribution in [0.5, 0.6) is 0 Å². The van der Waals surface area contributed by atoms with Gasteiger partial charge in [0.15, 0.2) is 11.2 Å². The van der Waals surface area contributed by atoms with E-state index in [0.717, 1.165) is 6.42 Å². The van der Waals surface area contributed by atoms with Crippen molar-refractivity contribution < 1.29 is 0 Å². The van der Waals surface area contributed by atoms with E-state index < -0.39 is 0 Å². The van der Waals surface area contributed by atoms with Gasteiger partial charge in [-0.15, -0.1) is 0 Å². The van der Waals surface area contributed by atoms with Gasteiger partial charge < -0.3 is 16.0 Å². The first kappa shape index (κ1) is 9.66. The molecule has 0 spiro atoms. The number of aromatic amines is 2. The number of nitrogens with one attached hydrogen (secondary N) is 3. The van der Waals surface area contributed by atoms with Gasteiger partial charge in [0.05, 0.1) is 12.5 Å². The van der Waals surface area contributed by atoms with Crippen LogP contribution >= 0.6 is 0 Å². The molecule has 80 valence electrons. The molecule has 0 amide bonds. The Hall–Kier alpha value is -1.89. The van der Waals surface area contributed by atoms with Gasteiger partial charge in [-0.05, 0) is 6.42 Å². The quantitative estimate of drug-likeness (QED) is 0.520. The number of nitrogens with zero attached hydrogens (tertiary/aromatic N) is 2. The fourth-order valence-corrected chi connectivity index (χ4v) is 1.19. The van der Waals surface area contributed by atoms with Crippen molar-refractivity contribution in [3.05, 3.63) is 16.7 Å². The second kappa shape index (κ2) is 3.70. The Balaban J connectivity index is 2.41. The highest BCUT2D eigenvalue weighted by atomic mass is 16.1. The molecule has 2 rings (SSSR count). The molecule has 0 aliphatic heterocycles. The molecule has 2 aromatic heterocycles. The zero-order valence-corrected chi connectivity index (χ0v) is 8.24. The third-order valence-corrected chi connectivity index (χ3v) is 2.06. The minimum atomic E-state index is -0.261. The first-order valence-corrected chi connectivity index (χ1v) is 4.66. The van der Waals surface area contributed by atoms with Crippen LogP contribution in [-0.2, 0) is 0 Å². The Bertz CT molecular complexity index is 515. The van der Waals surface area contributed by atoms with Gasteiger partial charge in [0.25, 0.3) is 5.56 Å². The second-order valence-electron chi connectivity index (χ2n) is 3.17. The van der Waals surface area contributed by atoms with Crippen LogP contribution in [0.4, 0.5) is 5.95 Å². The Labute approximate surface area is 85.1 Å². The monoisotopic (exact) mass is 208 g/mol. The summed E-state index contributed by atoms with van der Waals surface area (Å²) in [7, 11) is 0. The number of rotatable bonds is 3. The van der Waals surface area contributed by atoms with Gasteiger partial charge in [-0.3, -0.25) is 9.78 Å². The second-order valence-corrected chi connectivity index (χ2v) is 3.17. The van der Waals surface area contributed by atoms with E-state index in [9.17, 15) is 4.79 Å². The van der Waals surface area contributed by atoms with E-state index in [1.165, 1.54) is 6.33 Å². The molecular formula is C8H12N6O. The standard InChI is InChI=1S/C8H12N6O/c1-2-4(9)12-8-13-6-5(7(15)14-8)10-3-11-6/h3-4H,2,9H2,1H3,(H3,10,11,12,13,14,15). The molecule has 7 nitrogen and oxygen atoms in total. The van der Waals surface area contributed by atoms with Gasteiger partial charge in [0, 0.05) is 0 Å². The van der Waals surface area contributed by atoms with E-state index in [4.69, 9.17) is 5.73 Å².